The van der Waals surface area contributed by atoms with Gasteiger partial charge in [0.05, 0.1) is 7.11 Å². The number of ether oxygens (including phenoxy) is 1. The lowest BCUT2D eigenvalue weighted by Gasteiger charge is -2.18. The molecule has 0 radical (unpaired) electrons. The van der Waals surface area contributed by atoms with Crippen molar-refractivity contribution in [3.8, 4) is 11.5 Å². The van der Waals surface area contributed by atoms with E-state index in [4.69, 9.17) is 10.5 Å². The van der Waals surface area contributed by atoms with E-state index in [1.165, 1.54) is 5.56 Å². The van der Waals surface area contributed by atoms with Crippen LogP contribution in [0.25, 0.3) is 0 Å². The second-order valence-corrected chi connectivity index (χ2v) is 6.67. The van der Waals surface area contributed by atoms with Crippen molar-refractivity contribution in [1.82, 2.24) is 4.90 Å². The number of benzene rings is 2. The summed E-state index contributed by atoms with van der Waals surface area (Å²) in [6.07, 6.45) is 2.40. The quantitative estimate of drug-likeness (QED) is 0.760. The molecule has 0 aliphatic carbocycles. The fourth-order valence-corrected chi connectivity index (χ4v) is 3.64. The zero-order valence-corrected chi connectivity index (χ0v) is 15.9. The van der Waals surface area contributed by atoms with Crippen molar-refractivity contribution in [1.29, 1.82) is 0 Å². The maximum atomic E-state index is 10.2. The lowest BCUT2D eigenvalue weighted by Crippen LogP contribution is -2.28. The van der Waals surface area contributed by atoms with Crippen LogP contribution in [0.5, 0.6) is 11.5 Å². The van der Waals surface area contributed by atoms with Gasteiger partial charge in [0, 0.05) is 37.2 Å². The molecule has 3 N–H and O–H groups in total. The van der Waals surface area contributed by atoms with Crippen LogP contribution in [0.15, 0.2) is 55.1 Å². The van der Waals surface area contributed by atoms with Crippen molar-refractivity contribution >= 4 is 12.4 Å². The summed E-state index contributed by atoms with van der Waals surface area (Å²) in [6, 6.07) is 14.5. The molecule has 3 rings (SSSR count). The maximum Gasteiger partial charge on any atom is 0.161 e. The molecule has 2 atom stereocenters. The fraction of sp³-hybridized carbons (Fsp3) is 0.333. The second kappa shape index (κ2) is 9.08. The third kappa shape index (κ3) is 4.39. The number of halogens is 1. The van der Waals surface area contributed by atoms with Gasteiger partial charge < -0.3 is 15.6 Å². The van der Waals surface area contributed by atoms with Gasteiger partial charge in [-0.05, 0) is 23.6 Å². The Labute approximate surface area is 161 Å². The molecule has 26 heavy (non-hydrogen) atoms. The van der Waals surface area contributed by atoms with Gasteiger partial charge in [-0.1, -0.05) is 42.5 Å². The molecule has 140 valence electrons. The molecule has 4 nitrogen and oxygen atoms in total. The maximum absolute atomic E-state index is 10.2. The number of aromatic hydroxyl groups is 1. The molecule has 1 fully saturated rings. The van der Waals surface area contributed by atoms with Gasteiger partial charge in [-0.25, -0.2) is 0 Å². The van der Waals surface area contributed by atoms with Gasteiger partial charge in [0.2, 0.25) is 0 Å². The van der Waals surface area contributed by atoms with E-state index in [9.17, 15) is 5.11 Å². The average Bonchev–Trinajstić information content (AvgIpc) is 2.98. The first-order valence-electron chi connectivity index (χ1n) is 8.65. The molecule has 2 aromatic rings. The van der Waals surface area contributed by atoms with Gasteiger partial charge in [-0.15, -0.1) is 19.0 Å². The summed E-state index contributed by atoms with van der Waals surface area (Å²) in [5.41, 5.74) is 9.65. The Bertz CT molecular complexity index is 736. The number of likely N-dealkylation sites (tertiary alicyclic amines) is 1. The van der Waals surface area contributed by atoms with Crippen LogP contribution in [-0.2, 0) is 13.0 Å². The number of phenolic OH excluding ortho intramolecular Hbond substituents is 1. The molecular weight excluding hydrogens is 348 g/mol. The van der Waals surface area contributed by atoms with Crippen molar-refractivity contribution in [3.63, 3.8) is 0 Å². The summed E-state index contributed by atoms with van der Waals surface area (Å²) in [7, 11) is 1.58. The zero-order chi connectivity index (χ0) is 17.8. The molecule has 0 bridgehead atoms. The topological polar surface area (TPSA) is 58.7 Å². The first kappa shape index (κ1) is 20.3. The van der Waals surface area contributed by atoms with Gasteiger partial charge in [0.15, 0.2) is 11.5 Å². The fourth-order valence-electron chi connectivity index (χ4n) is 3.64. The molecule has 1 saturated heterocycles. The predicted octanol–water partition coefficient (Wildman–Crippen LogP) is 3.48. The predicted molar refractivity (Wildman–Crippen MR) is 108 cm³/mol. The third-order valence-electron chi connectivity index (χ3n) is 4.87. The number of nitrogens with two attached hydrogens (primary N) is 1. The first-order valence-corrected chi connectivity index (χ1v) is 8.65. The van der Waals surface area contributed by atoms with Crippen molar-refractivity contribution in [2.75, 3.05) is 20.2 Å². The summed E-state index contributed by atoms with van der Waals surface area (Å²) in [5.74, 6) is 1.07. The van der Waals surface area contributed by atoms with Crippen LogP contribution in [0, 0.1) is 0 Å². The number of hydrogen-bond acceptors (Lipinski definition) is 4. The van der Waals surface area contributed by atoms with E-state index in [1.54, 1.807) is 13.2 Å². The Morgan fingerprint density at radius 1 is 1.27 bits per heavy atom. The van der Waals surface area contributed by atoms with Gasteiger partial charge in [0.1, 0.15) is 0 Å². The normalized spacial score (nSPS) is 19.8. The van der Waals surface area contributed by atoms with E-state index in [-0.39, 0.29) is 24.2 Å². The molecule has 0 unspecified atom stereocenters. The molecule has 1 aliphatic heterocycles. The van der Waals surface area contributed by atoms with E-state index < -0.39 is 0 Å². The molecule has 5 heteroatoms. The highest BCUT2D eigenvalue weighted by molar-refractivity contribution is 5.85. The van der Waals surface area contributed by atoms with Gasteiger partial charge in [-0.2, -0.15) is 0 Å². The second-order valence-electron chi connectivity index (χ2n) is 6.67. The van der Waals surface area contributed by atoms with Crippen molar-refractivity contribution in [2.45, 2.75) is 24.9 Å². The highest BCUT2D eigenvalue weighted by atomic mass is 35.5. The van der Waals surface area contributed by atoms with Gasteiger partial charge >= 0.3 is 0 Å². The smallest absolute Gasteiger partial charge is 0.161 e. The summed E-state index contributed by atoms with van der Waals surface area (Å²) >= 11 is 0. The Morgan fingerprint density at radius 3 is 2.65 bits per heavy atom. The summed E-state index contributed by atoms with van der Waals surface area (Å²) in [6.45, 7) is 6.35. The molecule has 2 aromatic carbocycles. The van der Waals surface area contributed by atoms with Crippen LogP contribution in [0.2, 0.25) is 0 Å². The van der Waals surface area contributed by atoms with Crippen molar-refractivity contribution in [2.24, 2.45) is 5.73 Å². The van der Waals surface area contributed by atoms with Crippen LogP contribution < -0.4 is 10.5 Å². The standard InChI is InChI=1S/C21H26N2O2.ClH/c1-3-7-17-10-15(11-20(25-2)21(17)24)12-23-13-18(19(22)14-23)16-8-5-4-6-9-16;/h3-6,8-11,18-19,24H,1,7,12-14,22H2,2H3;1H/t18-,19+;/m0./s1. The van der Waals surface area contributed by atoms with E-state index >= 15 is 0 Å². The van der Waals surface area contributed by atoms with E-state index in [1.807, 2.05) is 18.2 Å². The minimum Gasteiger partial charge on any atom is -0.504 e. The van der Waals surface area contributed by atoms with E-state index in [0.29, 0.717) is 18.1 Å². The molecule has 1 heterocycles. The van der Waals surface area contributed by atoms with Crippen LogP contribution in [-0.4, -0.2) is 36.2 Å². The highest BCUT2D eigenvalue weighted by Crippen LogP contribution is 2.34. The van der Waals surface area contributed by atoms with Crippen LogP contribution in [0.1, 0.15) is 22.6 Å². The minimum absolute atomic E-state index is 0. The first-order chi connectivity index (χ1) is 12.1. The summed E-state index contributed by atoms with van der Waals surface area (Å²) < 4.78 is 5.32. The van der Waals surface area contributed by atoms with Gasteiger partial charge in [-0.3, -0.25) is 4.90 Å². The van der Waals surface area contributed by atoms with Crippen LogP contribution in [0.4, 0.5) is 0 Å². The lowest BCUT2D eigenvalue weighted by atomic mass is 9.95. The molecular formula is C21H27ClN2O2. The number of methoxy groups -OCH3 is 1. The Morgan fingerprint density at radius 2 is 2.00 bits per heavy atom. The summed E-state index contributed by atoms with van der Waals surface area (Å²) in [5, 5.41) is 10.2. The molecule has 0 aromatic heterocycles. The van der Waals surface area contributed by atoms with Crippen LogP contribution in [0.3, 0.4) is 0 Å². The zero-order valence-electron chi connectivity index (χ0n) is 15.1. The van der Waals surface area contributed by atoms with Gasteiger partial charge in [0.25, 0.3) is 0 Å². The number of hydrogen-bond donors (Lipinski definition) is 2. The van der Waals surface area contributed by atoms with E-state index in [2.05, 4.69) is 35.7 Å². The molecule has 1 aliphatic rings. The minimum atomic E-state index is 0. The van der Waals surface area contributed by atoms with E-state index in [0.717, 1.165) is 30.8 Å². The number of phenols is 1. The van der Waals surface area contributed by atoms with Crippen molar-refractivity contribution in [3.05, 3.63) is 71.8 Å². The molecule has 0 saturated carbocycles. The van der Waals surface area contributed by atoms with Crippen molar-refractivity contribution < 1.29 is 9.84 Å². The Hall–Kier alpha value is -2.01. The Kier molecular flexibility index (Phi) is 7.09. The average molecular weight is 375 g/mol. The Balaban J connectivity index is 0.00000243. The SMILES string of the molecule is C=CCc1cc(CN2C[C@@H](N)[C@H](c3ccccc3)C2)cc(OC)c1O.Cl. The number of rotatable bonds is 6. The molecule has 0 spiro atoms. The monoisotopic (exact) mass is 374 g/mol. The number of allylic oxidation sites excluding steroid dienone is 1. The largest absolute Gasteiger partial charge is 0.504 e. The van der Waals surface area contributed by atoms with Crippen LogP contribution >= 0.6 is 12.4 Å². The molecule has 0 amide bonds. The highest BCUT2D eigenvalue weighted by Gasteiger charge is 2.31. The third-order valence-corrected chi connectivity index (χ3v) is 4.87. The number of nitrogens with zero attached hydrogens (tertiary/aromatic N) is 1. The lowest BCUT2D eigenvalue weighted by molar-refractivity contribution is 0.321. The summed E-state index contributed by atoms with van der Waals surface area (Å²) in [4.78, 5) is 2.37.